The largest absolute Gasteiger partial charge is 0.361 e. The summed E-state index contributed by atoms with van der Waals surface area (Å²) in [4.78, 5) is 14.8. The van der Waals surface area contributed by atoms with Crippen LogP contribution in [0.2, 0.25) is 0 Å². The van der Waals surface area contributed by atoms with Crippen LogP contribution in [0.1, 0.15) is 24.0 Å². The van der Waals surface area contributed by atoms with Crippen molar-refractivity contribution in [3.8, 4) is 0 Å². The molecule has 0 aliphatic heterocycles. The zero-order chi connectivity index (χ0) is 13.7. The zero-order valence-electron chi connectivity index (χ0n) is 11.7. The number of hydrogen-bond donors (Lipinski definition) is 3. The highest BCUT2D eigenvalue weighted by Gasteiger charge is 2.06. The molecule has 0 aliphatic carbocycles. The van der Waals surface area contributed by atoms with Crippen molar-refractivity contribution in [2.45, 2.75) is 26.2 Å². The van der Waals surface area contributed by atoms with E-state index in [9.17, 15) is 4.79 Å². The molecule has 0 saturated heterocycles. The number of carbonyl (C=O) groups excluding carboxylic acids is 1. The topological polar surface area (TPSA) is 70.9 Å². The Bertz CT molecular complexity index is 565. The van der Waals surface area contributed by atoms with Crippen molar-refractivity contribution in [2.24, 2.45) is 5.73 Å². The minimum atomic E-state index is 0. The van der Waals surface area contributed by atoms with Crippen molar-refractivity contribution in [1.29, 1.82) is 0 Å². The first-order chi connectivity index (χ1) is 9.22. The number of carbonyl (C=O) groups is 1. The van der Waals surface area contributed by atoms with E-state index in [-0.39, 0.29) is 18.3 Å². The number of hydrogen-bond acceptors (Lipinski definition) is 2. The maximum absolute atomic E-state index is 11.5. The van der Waals surface area contributed by atoms with Gasteiger partial charge in [-0.05, 0) is 43.5 Å². The number of aromatic amines is 1. The fraction of sp³-hybridized carbons (Fsp3) is 0.400. The maximum Gasteiger partial charge on any atom is 0.220 e. The van der Waals surface area contributed by atoms with Gasteiger partial charge in [0.05, 0.1) is 0 Å². The molecule has 0 unspecified atom stereocenters. The van der Waals surface area contributed by atoms with Gasteiger partial charge in [0.1, 0.15) is 0 Å². The summed E-state index contributed by atoms with van der Waals surface area (Å²) in [7, 11) is 0. The van der Waals surface area contributed by atoms with Crippen LogP contribution in [0.3, 0.4) is 0 Å². The Labute approximate surface area is 125 Å². The van der Waals surface area contributed by atoms with Gasteiger partial charge in [-0.1, -0.05) is 12.1 Å². The Morgan fingerprint density at radius 2 is 2.20 bits per heavy atom. The van der Waals surface area contributed by atoms with E-state index in [2.05, 4.69) is 29.4 Å². The van der Waals surface area contributed by atoms with E-state index in [1.165, 1.54) is 16.5 Å². The van der Waals surface area contributed by atoms with E-state index in [1.54, 1.807) is 0 Å². The molecule has 1 heterocycles. The number of H-pyrrole nitrogens is 1. The lowest BCUT2D eigenvalue weighted by Crippen LogP contribution is -2.25. The fourth-order valence-electron chi connectivity index (χ4n) is 2.34. The van der Waals surface area contributed by atoms with Crippen molar-refractivity contribution in [3.63, 3.8) is 0 Å². The van der Waals surface area contributed by atoms with Crippen LogP contribution in [0.25, 0.3) is 10.9 Å². The Kier molecular flexibility index (Phi) is 6.55. The van der Waals surface area contributed by atoms with Gasteiger partial charge in [-0.25, -0.2) is 0 Å². The Balaban J connectivity index is 0.00000200. The molecule has 0 saturated carbocycles. The number of nitrogens with two attached hydrogens (primary N) is 1. The number of aromatic nitrogens is 1. The lowest BCUT2D eigenvalue weighted by Gasteiger charge is -2.05. The van der Waals surface area contributed by atoms with Crippen molar-refractivity contribution < 1.29 is 4.79 Å². The first kappa shape index (κ1) is 16.5. The van der Waals surface area contributed by atoms with Crippen LogP contribution in [-0.4, -0.2) is 24.0 Å². The van der Waals surface area contributed by atoms with Gasteiger partial charge in [-0.2, -0.15) is 0 Å². The monoisotopic (exact) mass is 295 g/mol. The molecule has 0 fully saturated rings. The molecule has 1 amide bonds. The van der Waals surface area contributed by atoms with Crippen LogP contribution in [0, 0.1) is 6.92 Å². The molecule has 4 N–H and O–H groups in total. The summed E-state index contributed by atoms with van der Waals surface area (Å²) in [5, 5.41) is 4.21. The first-order valence-electron chi connectivity index (χ1n) is 6.74. The molecule has 5 heteroatoms. The second kappa shape index (κ2) is 7.92. The zero-order valence-corrected chi connectivity index (χ0v) is 12.6. The standard InChI is InChI=1S/C15H21N3O.ClH/c1-11-4-2-5-13-15(11)12(10-18-13)7-9-17-14(19)6-3-8-16;/h2,4-5,10,18H,3,6-9,16H2,1H3,(H,17,19);1H. The minimum absolute atomic E-state index is 0. The second-order valence-electron chi connectivity index (χ2n) is 4.80. The van der Waals surface area contributed by atoms with Gasteiger partial charge in [0.15, 0.2) is 0 Å². The Hall–Kier alpha value is -1.52. The number of aryl methyl sites for hydroxylation is 1. The van der Waals surface area contributed by atoms with Gasteiger partial charge in [-0.3, -0.25) is 4.79 Å². The molecule has 0 aliphatic rings. The van der Waals surface area contributed by atoms with Crippen LogP contribution in [0.4, 0.5) is 0 Å². The fourth-order valence-corrected chi connectivity index (χ4v) is 2.34. The highest BCUT2D eigenvalue weighted by molar-refractivity contribution is 5.86. The van der Waals surface area contributed by atoms with Crippen LogP contribution in [0.5, 0.6) is 0 Å². The van der Waals surface area contributed by atoms with Gasteiger partial charge >= 0.3 is 0 Å². The summed E-state index contributed by atoms with van der Waals surface area (Å²) >= 11 is 0. The number of halogens is 1. The number of benzene rings is 1. The summed E-state index contributed by atoms with van der Waals surface area (Å²) in [5.74, 6) is 0.0852. The molecule has 0 spiro atoms. The van der Waals surface area contributed by atoms with Gasteiger partial charge in [0, 0.05) is 30.1 Å². The van der Waals surface area contributed by atoms with Gasteiger partial charge in [-0.15, -0.1) is 12.4 Å². The molecular formula is C15H22ClN3O. The van der Waals surface area contributed by atoms with Gasteiger partial charge in [0.2, 0.25) is 5.91 Å². The third kappa shape index (κ3) is 3.99. The molecule has 20 heavy (non-hydrogen) atoms. The van der Waals surface area contributed by atoms with E-state index in [1.807, 2.05) is 12.3 Å². The molecule has 1 aromatic heterocycles. The van der Waals surface area contributed by atoms with Crippen molar-refractivity contribution in [3.05, 3.63) is 35.5 Å². The normalized spacial score (nSPS) is 10.3. The smallest absolute Gasteiger partial charge is 0.220 e. The Morgan fingerprint density at radius 1 is 1.40 bits per heavy atom. The van der Waals surface area contributed by atoms with E-state index >= 15 is 0 Å². The van der Waals surface area contributed by atoms with Crippen LogP contribution in [0.15, 0.2) is 24.4 Å². The predicted molar refractivity (Wildman–Crippen MR) is 85.3 cm³/mol. The third-order valence-corrected chi connectivity index (χ3v) is 3.32. The summed E-state index contributed by atoms with van der Waals surface area (Å²) in [5.41, 5.74) is 9.06. The summed E-state index contributed by atoms with van der Waals surface area (Å²) in [6.45, 7) is 3.35. The number of fused-ring (bicyclic) bond motifs is 1. The lowest BCUT2D eigenvalue weighted by molar-refractivity contribution is -0.121. The molecule has 4 nitrogen and oxygen atoms in total. The van der Waals surface area contributed by atoms with Gasteiger partial charge in [0.25, 0.3) is 0 Å². The summed E-state index contributed by atoms with van der Waals surface area (Å²) in [6.07, 6.45) is 4.14. The van der Waals surface area contributed by atoms with Crippen LogP contribution in [-0.2, 0) is 11.2 Å². The highest BCUT2D eigenvalue weighted by Crippen LogP contribution is 2.22. The van der Waals surface area contributed by atoms with E-state index in [4.69, 9.17) is 5.73 Å². The van der Waals surface area contributed by atoms with Crippen LogP contribution < -0.4 is 11.1 Å². The molecule has 2 rings (SSSR count). The number of rotatable bonds is 6. The molecular weight excluding hydrogens is 274 g/mol. The Morgan fingerprint density at radius 3 is 2.95 bits per heavy atom. The summed E-state index contributed by atoms with van der Waals surface area (Å²) in [6, 6.07) is 6.23. The maximum atomic E-state index is 11.5. The molecule has 0 radical (unpaired) electrons. The van der Waals surface area contributed by atoms with Crippen LogP contribution >= 0.6 is 12.4 Å². The highest BCUT2D eigenvalue weighted by atomic mass is 35.5. The molecule has 0 atom stereocenters. The SMILES string of the molecule is Cc1cccc2[nH]cc(CCNC(=O)CCCN)c12.Cl. The van der Waals surface area contributed by atoms with E-state index in [0.717, 1.165) is 18.4 Å². The van der Waals surface area contributed by atoms with Crippen molar-refractivity contribution >= 4 is 29.2 Å². The quantitative estimate of drug-likeness (QED) is 0.765. The number of nitrogens with one attached hydrogen (secondary N) is 2. The molecule has 110 valence electrons. The van der Waals surface area contributed by atoms with E-state index in [0.29, 0.717) is 19.5 Å². The van der Waals surface area contributed by atoms with Crippen molar-refractivity contribution in [2.75, 3.05) is 13.1 Å². The minimum Gasteiger partial charge on any atom is -0.361 e. The predicted octanol–water partition coefficient (Wildman–Crippen LogP) is 2.30. The van der Waals surface area contributed by atoms with Gasteiger partial charge < -0.3 is 16.0 Å². The molecule has 1 aromatic carbocycles. The van der Waals surface area contributed by atoms with E-state index < -0.39 is 0 Å². The van der Waals surface area contributed by atoms with Crippen molar-refractivity contribution in [1.82, 2.24) is 10.3 Å². The number of amides is 1. The second-order valence-corrected chi connectivity index (χ2v) is 4.80. The molecule has 0 bridgehead atoms. The third-order valence-electron chi connectivity index (χ3n) is 3.32. The first-order valence-corrected chi connectivity index (χ1v) is 6.74. The average molecular weight is 296 g/mol. The summed E-state index contributed by atoms with van der Waals surface area (Å²) < 4.78 is 0. The average Bonchev–Trinajstić information content (AvgIpc) is 2.81. The molecule has 2 aromatic rings. The lowest BCUT2D eigenvalue weighted by atomic mass is 10.1.